The van der Waals surface area contributed by atoms with E-state index in [9.17, 15) is 13.2 Å². The van der Waals surface area contributed by atoms with Gasteiger partial charge in [-0.1, -0.05) is 0 Å². The minimum atomic E-state index is -3.40. The molecular weight excluding hydrogens is 294 g/mol. The van der Waals surface area contributed by atoms with Crippen LogP contribution in [0.15, 0.2) is 16.5 Å². The molecular formula is C14H17NO5S. The molecule has 114 valence electrons. The van der Waals surface area contributed by atoms with Crippen molar-refractivity contribution in [2.24, 2.45) is 0 Å². The van der Waals surface area contributed by atoms with E-state index in [4.69, 9.17) is 9.15 Å². The molecule has 7 heteroatoms. The Hall–Kier alpha value is -2.02. The summed E-state index contributed by atoms with van der Waals surface area (Å²) in [6, 6.07) is 3.28. The van der Waals surface area contributed by atoms with Crippen LogP contribution in [0.2, 0.25) is 0 Å². The number of ether oxygens (including phenoxy) is 1. The van der Waals surface area contributed by atoms with Crippen molar-refractivity contribution >= 4 is 32.6 Å². The van der Waals surface area contributed by atoms with Crippen molar-refractivity contribution in [3.8, 4) is 0 Å². The molecule has 2 rings (SSSR count). The van der Waals surface area contributed by atoms with E-state index in [2.05, 4.69) is 4.72 Å². The molecule has 0 radical (unpaired) electrons. The lowest BCUT2D eigenvalue weighted by Crippen LogP contribution is -2.10. The molecule has 0 amide bonds. The normalized spacial score (nSPS) is 11.6. The van der Waals surface area contributed by atoms with Crippen LogP contribution in [0.5, 0.6) is 0 Å². The van der Waals surface area contributed by atoms with Crippen molar-refractivity contribution in [1.29, 1.82) is 0 Å². The van der Waals surface area contributed by atoms with E-state index >= 15 is 0 Å². The van der Waals surface area contributed by atoms with Crippen LogP contribution in [0.4, 0.5) is 5.69 Å². The molecule has 0 aliphatic carbocycles. The molecule has 1 aromatic heterocycles. The van der Waals surface area contributed by atoms with Crippen LogP contribution in [0.3, 0.4) is 0 Å². The first kappa shape index (κ1) is 15.4. The van der Waals surface area contributed by atoms with Gasteiger partial charge in [-0.25, -0.2) is 13.2 Å². The van der Waals surface area contributed by atoms with Crippen molar-refractivity contribution < 1.29 is 22.4 Å². The number of esters is 1. The number of fused-ring (bicyclic) bond motifs is 1. The number of carbonyl (C=O) groups is 1. The van der Waals surface area contributed by atoms with E-state index in [0.29, 0.717) is 33.5 Å². The largest absolute Gasteiger partial charge is 0.462 e. The smallest absolute Gasteiger partial charge is 0.342 e. The number of rotatable bonds is 4. The van der Waals surface area contributed by atoms with E-state index in [1.54, 1.807) is 32.9 Å². The molecule has 1 N–H and O–H groups in total. The van der Waals surface area contributed by atoms with Gasteiger partial charge in [0.2, 0.25) is 10.0 Å². The van der Waals surface area contributed by atoms with Crippen molar-refractivity contribution in [2.75, 3.05) is 17.6 Å². The minimum absolute atomic E-state index is 0.255. The van der Waals surface area contributed by atoms with Gasteiger partial charge in [-0.15, -0.1) is 0 Å². The van der Waals surface area contributed by atoms with Crippen molar-refractivity contribution in [2.45, 2.75) is 20.8 Å². The Morgan fingerprint density at radius 3 is 2.57 bits per heavy atom. The van der Waals surface area contributed by atoms with Gasteiger partial charge in [0, 0.05) is 5.39 Å². The van der Waals surface area contributed by atoms with Crippen LogP contribution in [-0.4, -0.2) is 27.2 Å². The Morgan fingerprint density at radius 2 is 2.00 bits per heavy atom. The summed E-state index contributed by atoms with van der Waals surface area (Å²) in [4.78, 5) is 12.0. The molecule has 0 atom stereocenters. The van der Waals surface area contributed by atoms with Gasteiger partial charge >= 0.3 is 5.97 Å². The maximum Gasteiger partial charge on any atom is 0.342 e. The second-order valence-electron chi connectivity index (χ2n) is 4.79. The van der Waals surface area contributed by atoms with Gasteiger partial charge in [0.05, 0.1) is 18.6 Å². The van der Waals surface area contributed by atoms with Crippen LogP contribution in [0, 0.1) is 13.8 Å². The van der Waals surface area contributed by atoms with Crippen LogP contribution >= 0.6 is 0 Å². The Morgan fingerprint density at radius 1 is 1.33 bits per heavy atom. The fourth-order valence-electron chi connectivity index (χ4n) is 2.13. The number of carbonyl (C=O) groups excluding carboxylic acids is 1. The predicted octanol–water partition coefficient (Wildman–Crippen LogP) is 2.60. The molecule has 0 saturated carbocycles. The van der Waals surface area contributed by atoms with Gasteiger partial charge in [0.25, 0.3) is 0 Å². The summed E-state index contributed by atoms with van der Waals surface area (Å²) >= 11 is 0. The van der Waals surface area contributed by atoms with Gasteiger partial charge in [-0.3, -0.25) is 4.72 Å². The first-order chi connectivity index (χ1) is 9.73. The lowest BCUT2D eigenvalue weighted by Gasteiger charge is -2.08. The summed E-state index contributed by atoms with van der Waals surface area (Å²) in [6.07, 6.45) is 1.07. The van der Waals surface area contributed by atoms with Gasteiger partial charge in [-0.05, 0) is 38.5 Å². The number of sulfonamides is 1. The molecule has 0 aliphatic heterocycles. The Kier molecular flexibility index (Phi) is 3.95. The number of nitrogens with one attached hydrogen (secondary N) is 1. The highest BCUT2D eigenvalue weighted by molar-refractivity contribution is 7.92. The molecule has 2 aromatic rings. The lowest BCUT2D eigenvalue weighted by molar-refractivity contribution is 0.0526. The lowest BCUT2D eigenvalue weighted by atomic mass is 10.1. The van der Waals surface area contributed by atoms with E-state index in [1.165, 1.54) is 0 Å². The summed E-state index contributed by atoms with van der Waals surface area (Å²) in [7, 11) is -3.40. The molecule has 0 aliphatic rings. The Labute approximate surface area is 123 Å². The van der Waals surface area contributed by atoms with Gasteiger partial charge < -0.3 is 9.15 Å². The number of anilines is 1. The standard InChI is InChI=1S/C14H17NO5S/c1-5-19-14(16)13-9(3)20-12-6-8(2)11(7-10(12)13)15-21(4,17)18/h6-7,15H,5H2,1-4H3. The highest BCUT2D eigenvalue weighted by atomic mass is 32.2. The molecule has 21 heavy (non-hydrogen) atoms. The average molecular weight is 311 g/mol. The third-order valence-electron chi connectivity index (χ3n) is 2.99. The second kappa shape index (κ2) is 5.40. The van der Waals surface area contributed by atoms with Gasteiger partial charge in [0.15, 0.2) is 0 Å². The van der Waals surface area contributed by atoms with E-state index in [-0.39, 0.29) is 6.61 Å². The highest BCUT2D eigenvalue weighted by Crippen LogP contribution is 2.31. The van der Waals surface area contributed by atoms with Gasteiger partial charge in [-0.2, -0.15) is 0 Å². The van der Waals surface area contributed by atoms with Crippen molar-refractivity contribution in [1.82, 2.24) is 0 Å². The minimum Gasteiger partial charge on any atom is -0.462 e. The second-order valence-corrected chi connectivity index (χ2v) is 6.54. The summed E-state index contributed by atoms with van der Waals surface area (Å²) in [5.74, 6) is -0.0396. The molecule has 0 bridgehead atoms. The fraction of sp³-hybridized carbons (Fsp3) is 0.357. The summed E-state index contributed by atoms with van der Waals surface area (Å²) in [6.45, 7) is 5.40. The van der Waals surface area contributed by atoms with Crippen molar-refractivity contribution in [3.63, 3.8) is 0 Å². The average Bonchev–Trinajstić information content (AvgIpc) is 2.63. The van der Waals surface area contributed by atoms with E-state index < -0.39 is 16.0 Å². The zero-order chi connectivity index (χ0) is 15.8. The Balaban J connectivity index is 2.64. The molecule has 6 nitrogen and oxygen atoms in total. The van der Waals surface area contributed by atoms with Crippen LogP contribution in [0.1, 0.15) is 28.6 Å². The molecule has 0 spiro atoms. The number of hydrogen-bond donors (Lipinski definition) is 1. The molecule has 0 saturated heterocycles. The topological polar surface area (TPSA) is 85.6 Å². The molecule has 1 heterocycles. The molecule has 0 unspecified atom stereocenters. The number of aryl methyl sites for hydroxylation is 2. The maximum absolute atomic E-state index is 12.0. The highest BCUT2D eigenvalue weighted by Gasteiger charge is 2.21. The summed E-state index contributed by atoms with van der Waals surface area (Å²) < 4.78 is 35.8. The fourth-order valence-corrected chi connectivity index (χ4v) is 2.75. The quantitative estimate of drug-likeness (QED) is 0.877. The van der Waals surface area contributed by atoms with Gasteiger partial charge in [0.1, 0.15) is 16.9 Å². The number of hydrogen-bond acceptors (Lipinski definition) is 5. The predicted molar refractivity (Wildman–Crippen MR) is 80.1 cm³/mol. The third-order valence-corrected chi connectivity index (χ3v) is 3.58. The van der Waals surface area contributed by atoms with E-state index in [1.807, 2.05) is 0 Å². The van der Waals surface area contributed by atoms with Crippen LogP contribution < -0.4 is 4.72 Å². The van der Waals surface area contributed by atoms with Crippen molar-refractivity contribution in [3.05, 3.63) is 29.0 Å². The number of benzene rings is 1. The summed E-state index contributed by atoms with van der Waals surface area (Å²) in [5, 5.41) is 0.530. The zero-order valence-electron chi connectivity index (χ0n) is 12.3. The first-order valence-electron chi connectivity index (χ1n) is 6.41. The van der Waals surface area contributed by atoms with Crippen LogP contribution in [-0.2, 0) is 14.8 Å². The first-order valence-corrected chi connectivity index (χ1v) is 8.30. The monoisotopic (exact) mass is 311 g/mol. The Bertz CT molecular complexity index is 804. The number of furan rings is 1. The molecule has 1 aromatic carbocycles. The third kappa shape index (κ3) is 3.18. The SMILES string of the molecule is CCOC(=O)c1c(C)oc2cc(C)c(NS(C)(=O)=O)cc12. The summed E-state index contributed by atoms with van der Waals surface area (Å²) in [5.41, 5.74) is 1.96. The zero-order valence-corrected chi connectivity index (χ0v) is 13.1. The van der Waals surface area contributed by atoms with E-state index in [0.717, 1.165) is 6.26 Å². The van der Waals surface area contributed by atoms with Crippen LogP contribution in [0.25, 0.3) is 11.0 Å². The molecule has 0 fully saturated rings. The maximum atomic E-state index is 12.0.